The summed E-state index contributed by atoms with van der Waals surface area (Å²) < 4.78 is 48.8. The van der Waals surface area contributed by atoms with Gasteiger partial charge in [0.15, 0.2) is 0 Å². The molecule has 5 nitrogen and oxygen atoms in total. The van der Waals surface area contributed by atoms with Gasteiger partial charge in [0.05, 0.1) is 6.54 Å². The molecule has 0 bridgehead atoms. The Morgan fingerprint density at radius 2 is 1.90 bits per heavy atom. The van der Waals surface area contributed by atoms with Crippen LogP contribution in [-0.2, 0) is 15.6 Å². The first-order valence-electron chi connectivity index (χ1n) is 6.51. The summed E-state index contributed by atoms with van der Waals surface area (Å²) in [6.07, 6.45) is 0.995. The molecule has 0 atom stereocenters. The second-order valence-electron chi connectivity index (χ2n) is 4.90. The molecule has 21 heavy (non-hydrogen) atoms. The van der Waals surface area contributed by atoms with E-state index in [0.717, 1.165) is 36.1 Å². The molecule has 0 aromatic carbocycles. The van der Waals surface area contributed by atoms with Gasteiger partial charge in [-0.1, -0.05) is 0 Å². The Labute approximate surface area is 125 Å². The van der Waals surface area contributed by atoms with Crippen molar-refractivity contribution < 1.29 is 22.0 Å². The highest BCUT2D eigenvalue weighted by atomic mass is 35.7. The molecule has 1 aliphatic heterocycles. The van der Waals surface area contributed by atoms with Gasteiger partial charge in [0.25, 0.3) is 21.4 Å². The molecule has 118 valence electrons. The smallest absolute Gasteiger partial charge is 0.270 e. The number of hydrogen-bond donors (Lipinski definition) is 0. The van der Waals surface area contributed by atoms with Gasteiger partial charge in [0.2, 0.25) is 0 Å². The number of nitrogens with zero attached hydrogens (tertiary/aromatic N) is 2. The number of carbonyl (C=O) groups excluding carboxylic acids is 1. The second-order valence-corrected chi connectivity index (χ2v) is 7.46. The van der Waals surface area contributed by atoms with Crippen LogP contribution in [0.5, 0.6) is 0 Å². The average Bonchev–Trinajstić information content (AvgIpc) is 2.82. The zero-order valence-corrected chi connectivity index (χ0v) is 12.7. The Bertz CT molecular complexity index is 624. The molecule has 1 aliphatic rings. The Morgan fingerprint density at radius 3 is 2.43 bits per heavy atom. The lowest BCUT2D eigenvalue weighted by Gasteiger charge is -2.27. The highest BCUT2D eigenvalue weighted by Crippen LogP contribution is 2.22. The molecule has 1 aromatic heterocycles. The van der Waals surface area contributed by atoms with Crippen LogP contribution in [0.15, 0.2) is 17.2 Å². The maximum atomic E-state index is 12.6. The standard InChI is InChI=1S/C12H15ClF2N2O3S/c13-21(19,20)9-6-10(17(7-9)8-11(14)15)12(18)16-4-2-1-3-5-16/h6-7,11H,1-5,8H2. The van der Waals surface area contributed by atoms with E-state index in [2.05, 4.69) is 0 Å². The van der Waals surface area contributed by atoms with Gasteiger partial charge < -0.3 is 9.47 Å². The third kappa shape index (κ3) is 3.94. The molecule has 1 aromatic rings. The van der Waals surface area contributed by atoms with Gasteiger partial charge in [-0.05, 0) is 25.3 Å². The summed E-state index contributed by atoms with van der Waals surface area (Å²) in [7, 11) is 1.15. The third-order valence-corrected chi connectivity index (χ3v) is 4.67. The van der Waals surface area contributed by atoms with Crippen molar-refractivity contribution in [3.8, 4) is 0 Å². The number of alkyl halides is 2. The van der Waals surface area contributed by atoms with Gasteiger partial charge in [-0.15, -0.1) is 0 Å². The molecular weight excluding hydrogens is 326 g/mol. The Balaban J connectivity index is 2.35. The molecule has 2 rings (SSSR count). The highest BCUT2D eigenvalue weighted by molar-refractivity contribution is 8.13. The number of amides is 1. The summed E-state index contributed by atoms with van der Waals surface area (Å²) >= 11 is 0. The third-order valence-electron chi connectivity index (χ3n) is 3.35. The topological polar surface area (TPSA) is 59.4 Å². The molecule has 0 unspecified atom stereocenters. The first kappa shape index (κ1) is 16.2. The molecule has 0 radical (unpaired) electrons. The van der Waals surface area contributed by atoms with Crippen LogP contribution >= 0.6 is 10.7 Å². The Hall–Kier alpha value is -1.15. The number of aromatic nitrogens is 1. The van der Waals surface area contributed by atoms with E-state index < -0.39 is 27.9 Å². The molecule has 0 saturated carbocycles. The maximum absolute atomic E-state index is 12.6. The van der Waals surface area contributed by atoms with Gasteiger partial charge in [0, 0.05) is 30.0 Å². The van der Waals surface area contributed by atoms with Crippen molar-refractivity contribution in [3.05, 3.63) is 18.0 Å². The molecular formula is C12H15ClF2N2O3S. The van der Waals surface area contributed by atoms with Crippen LogP contribution in [0.2, 0.25) is 0 Å². The summed E-state index contributed by atoms with van der Waals surface area (Å²) in [6, 6.07) is 1.06. The van der Waals surface area contributed by atoms with Crippen molar-refractivity contribution >= 4 is 25.6 Å². The average molecular weight is 341 g/mol. The molecule has 1 fully saturated rings. The zero-order valence-electron chi connectivity index (χ0n) is 11.1. The SMILES string of the molecule is O=C(c1cc(S(=O)(=O)Cl)cn1CC(F)F)N1CCCCC1. The maximum Gasteiger partial charge on any atom is 0.270 e. The molecule has 1 amide bonds. The Kier molecular flexibility index (Phi) is 4.88. The summed E-state index contributed by atoms with van der Waals surface area (Å²) in [6.45, 7) is 0.338. The van der Waals surface area contributed by atoms with E-state index in [4.69, 9.17) is 10.7 Å². The predicted octanol–water partition coefficient (Wildman–Crippen LogP) is 2.31. The van der Waals surface area contributed by atoms with E-state index >= 15 is 0 Å². The van der Waals surface area contributed by atoms with E-state index in [1.807, 2.05) is 0 Å². The van der Waals surface area contributed by atoms with Crippen molar-refractivity contribution in [2.45, 2.75) is 37.1 Å². The minimum atomic E-state index is -4.07. The quantitative estimate of drug-likeness (QED) is 0.790. The fourth-order valence-corrected chi connectivity index (χ4v) is 3.11. The van der Waals surface area contributed by atoms with Crippen LogP contribution in [0.25, 0.3) is 0 Å². The molecule has 0 spiro atoms. The van der Waals surface area contributed by atoms with Crippen molar-refractivity contribution in [3.63, 3.8) is 0 Å². The number of rotatable bonds is 4. The number of halogens is 3. The van der Waals surface area contributed by atoms with Gasteiger partial charge in [-0.3, -0.25) is 4.79 Å². The van der Waals surface area contributed by atoms with Gasteiger partial charge in [-0.25, -0.2) is 17.2 Å². The highest BCUT2D eigenvalue weighted by Gasteiger charge is 2.25. The first-order valence-corrected chi connectivity index (χ1v) is 8.82. The van der Waals surface area contributed by atoms with Crippen molar-refractivity contribution in [2.24, 2.45) is 0 Å². The summed E-state index contributed by atoms with van der Waals surface area (Å²) in [4.78, 5) is 13.6. The van der Waals surface area contributed by atoms with Gasteiger partial charge in [0.1, 0.15) is 10.6 Å². The van der Waals surface area contributed by atoms with Crippen molar-refractivity contribution in [1.29, 1.82) is 0 Å². The van der Waals surface area contributed by atoms with E-state index in [9.17, 15) is 22.0 Å². The minimum Gasteiger partial charge on any atom is -0.337 e. The molecule has 0 aliphatic carbocycles. The lowest BCUT2D eigenvalue weighted by molar-refractivity contribution is 0.0704. The summed E-state index contributed by atoms with van der Waals surface area (Å²) in [5.74, 6) is -0.443. The molecule has 1 saturated heterocycles. The van der Waals surface area contributed by atoms with Crippen LogP contribution in [0.3, 0.4) is 0 Å². The van der Waals surface area contributed by atoms with Crippen molar-refractivity contribution in [2.75, 3.05) is 13.1 Å². The van der Waals surface area contributed by atoms with E-state index in [-0.39, 0.29) is 10.6 Å². The molecule has 0 N–H and O–H groups in total. The van der Waals surface area contributed by atoms with Crippen LogP contribution in [0.4, 0.5) is 8.78 Å². The van der Waals surface area contributed by atoms with Crippen LogP contribution in [0.1, 0.15) is 29.8 Å². The van der Waals surface area contributed by atoms with Crippen molar-refractivity contribution in [1.82, 2.24) is 9.47 Å². The number of hydrogen-bond acceptors (Lipinski definition) is 3. The van der Waals surface area contributed by atoms with Gasteiger partial charge in [-0.2, -0.15) is 0 Å². The Morgan fingerprint density at radius 1 is 1.29 bits per heavy atom. The first-order chi connectivity index (χ1) is 9.79. The fourth-order valence-electron chi connectivity index (χ4n) is 2.35. The summed E-state index contributed by atoms with van der Waals surface area (Å²) in [5, 5.41) is 0. The fraction of sp³-hybridized carbons (Fsp3) is 0.583. The number of likely N-dealkylation sites (tertiary alicyclic amines) is 1. The van der Waals surface area contributed by atoms with E-state index in [1.54, 1.807) is 4.90 Å². The monoisotopic (exact) mass is 340 g/mol. The number of piperidine rings is 1. The molecule has 2 heterocycles. The normalized spacial score (nSPS) is 16.5. The lowest BCUT2D eigenvalue weighted by atomic mass is 10.1. The predicted molar refractivity (Wildman–Crippen MR) is 73.2 cm³/mol. The van der Waals surface area contributed by atoms with Crippen LogP contribution in [-0.4, -0.2) is 43.3 Å². The summed E-state index contributed by atoms with van der Waals surface area (Å²) in [5.41, 5.74) is -0.0728. The lowest BCUT2D eigenvalue weighted by Crippen LogP contribution is -2.36. The van der Waals surface area contributed by atoms with Crippen LogP contribution < -0.4 is 0 Å². The largest absolute Gasteiger partial charge is 0.337 e. The second kappa shape index (κ2) is 6.31. The zero-order chi connectivity index (χ0) is 15.6. The van der Waals surface area contributed by atoms with Crippen LogP contribution in [0, 0.1) is 0 Å². The molecule has 9 heteroatoms. The number of carbonyl (C=O) groups is 1. The minimum absolute atomic E-state index is 0.0728. The van der Waals surface area contributed by atoms with E-state index in [0.29, 0.717) is 13.1 Å². The van der Waals surface area contributed by atoms with Gasteiger partial charge >= 0.3 is 0 Å². The van der Waals surface area contributed by atoms with E-state index in [1.165, 1.54) is 0 Å².